The normalized spacial score (nSPS) is 14.5. The highest BCUT2D eigenvalue weighted by atomic mass is 35.5. The van der Waals surface area contributed by atoms with Gasteiger partial charge in [0.2, 0.25) is 11.8 Å². The van der Waals surface area contributed by atoms with E-state index < -0.39 is 17.8 Å². The second-order valence-electron chi connectivity index (χ2n) is 7.34. The molecule has 0 spiro atoms. The van der Waals surface area contributed by atoms with E-state index in [0.29, 0.717) is 11.3 Å². The summed E-state index contributed by atoms with van der Waals surface area (Å²) in [6.07, 6.45) is 1.15. The number of nitriles is 1. The van der Waals surface area contributed by atoms with Crippen LogP contribution in [0, 0.1) is 17.1 Å². The number of hydrogen-bond acceptors (Lipinski definition) is 6. The predicted octanol–water partition coefficient (Wildman–Crippen LogP) is 3.23. The van der Waals surface area contributed by atoms with Crippen LogP contribution in [0.15, 0.2) is 29.5 Å². The fourth-order valence-corrected chi connectivity index (χ4v) is 3.71. The lowest BCUT2D eigenvalue weighted by molar-refractivity contribution is -0.138. The van der Waals surface area contributed by atoms with Gasteiger partial charge in [-0.25, -0.2) is 14.4 Å². The van der Waals surface area contributed by atoms with Crippen molar-refractivity contribution in [3.63, 3.8) is 0 Å². The zero-order valence-electron chi connectivity index (χ0n) is 17.3. The second kappa shape index (κ2) is 10.0. The molecule has 1 aromatic carbocycles. The number of amides is 2. The Morgan fingerprint density at radius 3 is 2.75 bits per heavy atom. The number of nitrogens with zero attached hydrogens (tertiary/aromatic N) is 5. The molecule has 3 rings (SSSR count). The summed E-state index contributed by atoms with van der Waals surface area (Å²) in [5, 5.41) is 12.0. The Balaban J connectivity index is 1.67. The standard InChI is InChI=1S/C21H19Cl2FN6O2/c1-11(2)30(9-16(31)26-8-12-4-3-5-13(22)19(12)24)17(32)6-14-20-18(15(7-25)29-14)21(23)28-10-27-20/h3-5,10-11,14H,6,8-9H2,1-2H3,(H,26,31). The number of nitrogens with one attached hydrogen (secondary N) is 1. The Bertz CT molecular complexity index is 1130. The van der Waals surface area contributed by atoms with Crippen LogP contribution >= 0.6 is 23.2 Å². The van der Waals surface area contributed by atoms with Gasteiger partial charge in [-0.1, -0.05) is 35.3 Å². The Morgan fingerprint density at radius 1 is 1.31 bits per heavy atom. The summed E-state index contributed by atoms with van der Waals surface area (Å²) in [7, 11) is 0. The molecular formula is C21H19Cl2FN6O2. The molecule has 0 bridgehead atoms. The highest BCUT2D eigenvalue weighted by molar-refractivity contribution is 6.35. The van der Waals surface area contributed by atoms with Crippen LogP contribution in [-0.4, -0.2) is 45.0 Å². The minimum atomic E-state index is -0.697. The molecule has 1 atom stereocenters. The third-order valence-electron chi connectivity index (χ3n) is 4.91. The Hall–Kier alpha value is -3.09. The number of aromatic nitrogens is 2. The molecule has 2 heterocycles. The molecule has 2 amide bonds. The van der Waals surface area contributed by atoms with E-state index in [9.17, 15) is 19.2 Å². The average Bonchev–Trinajstić information content (AvgIpc) is 3.11. The first-order chi connectivity index (χ1) is 15.2. The molecule has 0 fully saturated rings. The van der Waals surface area contributed by atoms with E-state index in [2.05, 4.69) is 20.3 Å². The molecule has 0 saturated carbocycles. The molecule has 32 heavy (non-hydrogen) atoms. The number of rotatable bonds is 7. The van der Waals surface area contributed by atoms with Gasteiger partial charge in [0, 0.05) is 18.2 Å². The van der Waals surface area contributed by atoms with Crippen LogP contribution < -0.4 is 5.32 Å². The maximum atomic E-state index is 14.0. The summed E-state index contributed by atoms with van der Waals surface area (Å²) >= 11 is 11.8. The Kier molecular flexibility index (Phi) is 7.38. The first kappa shape index (κ1) is 23.6. The van der Waals surface area contributed by atoms with Crippen molar-refractivity contribution in [1.82, 2.24) is 20.2 Å². The van der Waals surface area contributed by atoms with Crippen molar-refractivity contribution in [3.05, 3.63) is 57.3 Å². The van der Waals surface area contributed by atoms with Crippen LogP contribution in [0.3, 0.4) is 0 Å². The Labute approximate surface area is 194 Å². The van der Waals surface area contributed by atoms with Gasteiger partial charge in [-0.3, -0.25) is 14.6 Å². The van der Waals surface area contributed by atoms with Crippen LogP contribution in [0.5, 0.6) is 0 Å². The van der Waals surface area contributed by atoms with Crippen molar-refractivity contribution >= 4 is 40.7 Å². The molecule has 2 aromatic rings. The van der Waals surface area contributed by atoms with Crippen molar-refractivity contribution in [1.29, 1.82) is 5.26 Å². The molecule has 166 valence electrons. The van der Waals surface area contributed by atoms with E-state index in [-0.39, 0.29) is 52.9 Å². The molecule has 1 aromatic heterocycles. The third kappa shape index (κ3) is 5.03. The van der Waals surface area contributed by atoms with E-state index in [1.54, 1.807) is 19.9 Å². The first-order valence-corrected chi connectivity index (χ1v) is 10.5. The van der Waals surface area contributed by atoms with Gasteiger partial charge in [-0.15, -0.1) is 0 Å². The quantitative estimate of drug-likeness (QED) is 0.616. The number of aliphatic imine (C=N–C) groups is 1. The smallest absolute Gasteiger partial charge is 0.239 e. The molecule has 0 saturated heterocycles. The molecule has 11 heteroatoms. The summed E-state index contributed by atoms with van der Waals surface area (Å²) in [5.74, 6) is -1.40. The highest BCUT2D eigenvalue weighted by Crippen LogP contribution is 2.33. The van der Waals surface area contributed by atoms with Crippen molar-refractivity contribution in [2.24, 2.45) is 4.99 Å². The molecule has 1 unspecified atom stereocenters. The van der Waals surface area contributed by atoms with Crippen molar-refractivity contribution in [2.75, 3.05) is 6.54 Å². The van der Waals surface area contributed by atoms with E-state index in [1.165, 1.54) is 23.4 Å². The molecule has 0 aliphatic carbocycles. The minimum absolute atomic E-state index is 0.0335. The summed E-state index contributed by atoms with van der Waals surface area (Å²) < 4.78 is 14.0. The fraction of sp³-hybridized carbons (Fsp3) is 0.333. The monoisotopic (exact) mass is 476 g/mol. The number of benzene rings is 1. The summed E-state index contributed by atoms with van der Waals surface area (Å²) in [4.78, 5) is 39.1. The van der Waals surface area contributed by atoms with E-state index >= 15 is 0 Å². The molecular weight excluding hydrogens is 458 g/mol. The first-order valence-electron chi connectivity index (χ1n) is 9.70. The van der Waals surface area contributed by atoms with Gasteiger partial charge >= 0.3 is 0 Å². The molecule has 1 aliphatic rings. The number of carbonyl (C=O) groups excluding carboxylic acids is 2. The van der Waals surface area contributed by atoms with Gasteiger partial charge in [0.05, 0.1) is 29.2 Å². The molecule has 0 radical (unpaired) electrons. The second-order valence-corrected chi connectivity index (χ2v) is 8.10. The molecule has 1 aliphatic heterocycles. The maximum Gasteiger partial charge on any atom is 0.239 e. The fourth-order valence-electron chi connectivity index (χ4n) is 3.29. The summed E-state index contributed by atoms with van der Waals surface area (Å²) in [6.45, 7) is 3.26. The minimum Gasteiger partial charge on any atom is -0.350 e. The van der Waals surface area contributed by atoms with Gasteiger partial charge in [-0.2, -0.15) is 5.26 Å². The SMILES string of the molecule is CC(C)N(CC(=O)NCc1cccc(Cl)c1F)C(=O)CC1N=C(C#N)c2c(Cl)ncnc21. The van der Waals surface area contributed by atoms with Gasteiger partial charge in [-0.05, 0) is 19.9 Å². The summed E-state index contributed by atoms with van der Waals surface area (Å²) in [6, 6.07) is 5.48. The van der Waals surface area contributed by atoms with E-state index in [1.807, 2.05) is 6.07 Å². The topological polar surface area (TPSA) is 111 Å². The molecule has 8 nitrogen and oxygen atoms in total. The van der Waals surface area contributed by atoms with Crippen molar-refractivity contribution < 1.29 is 14.0 Å². The van der Waals surface area contributed by atoms with Crippen molar-refractivity contribution in [3.8, 4) is 6.07 Å². The van der Waals surface area contributed by atoms with Crippen molar-refractivity contribution in [2.45, 2.75) is 38.9 Å². The zero-order valence-corrected chi connectivity index (χ0v) is 18.8. The maximum absolute atomic E-state index is 14.0. The largest absolute Gasteiger partial charge is 0.350 e. The number of carbonyl (C=O) groups is 2. The lowest BCUT2D eigenvalue weighted by Gasteiger charge is -2.27. The van der Waals surface area contributed by atoms with E-state index in [0.717, 1.165) is 0 Å². The molecule has 1 N–H and O–H groups in total. The van der Waals surface area contributed by atoms with Crippen LogP contribution in [0.4, 0.5) is 4.39 Å². The lowest BCUT2D eigenvalue weighted by atomic mass is 10.1. The highest BCUT2D eigenvalue weighted by Gasteiger charge is 2.33. The van der Waals surface area contributed by atoms with Crippen LogP contribution in [0.25, 0.3) is 0 Å². The summed E-state index contributed by atoms with van der Waals surface area (Å²) in [5.41, 5.74) is 1.04. The van der Waals surface area contributed by atoms with Gasteiger partial charge < -0.3 is 10.2 Å². The van der Waals surface area contributed by atoms with Crippen LogP contribution in [0.1, 0.15) is 43.1 Å². The third-order valence-corrected chi connectivity index (χ3v) is 5.49. The van der Waals surface area contributed by atoms with Crippen LogP contribution in [0.2, 0.25) is 10.2 Å². The average molecular weight is 477 g/mol. The number of fused-ring (bicyclic) bond motifs is 1. The predicted molar refractivity (Wildman–Crippen MR) is 117 cm³/mol. The Morgan fingerprint density at radius 2 is 2.06 bits per heavy atom. The zero-order chi connectivity index (χ0) is 23.4. The van der Waals surface area contributed by atoms with Crippen LogP contribution in [-0.2, 0) is 16.1 Å². The lowest BCUT2D eigenvalue weighted by Crippen LogP contribution is -2.44. The number of halogens is 3. The van der Waals surface area contributed by atoms with Gasteiger partial charge in [0.1, 0.15) is 35.1 Å². The van der Waals surface area contributed by atoms with E-state index in [4.69, 9.17) is 23.2 Å². The number of hydrogen-bond donors (Lipinski definition) is 1. The van der Waals surface area contributed by atoms with Gasteiger partial charge in [0.25, 0.3) is 0 Å². The van der Waals surface area contributed by atoms with Gasteiger partial charge in [0.15, 0.2) is 0 Å².